The van der Waals surface area contributed by atoms with Crippen molar-refractivity contribution in [3.05, 3.63) is 46.5 Å². The van der Waals surface area contributed by atoms with Gasteiger partial charge in [-0.15, -0.1) is 0 Å². The van der Waals surface area contributed by atoms with Crippen molar-refractivity contribution in [3.8, 4) is 0 Å². The van der Waals surface area contributed by atoms with E-state index in [1.807, 2.05) is 10.3 Å². The molecule has 24 heavy (non-hydrogen) atoms. The van der Waals surface area contributed by atoms with Crippen LogP contribution in [0.3, 0.4) is 0 Å². The van der Waals surface area contributed by atoms with Gasteiger partial charge in [-0.25, -0.2) is 9.37 Å². The number of carbonyl (C=O) groups is 1. The first-order valence-electron chi connectivity index (χ1n) is 7.83. The van der Waals surface area contributed by atoms with Crippen molar-refractivity contribution < 1.29 is 14.3 Å². The average molecular weight is 349 g/mol. The third-order valence-corrected chi connectivity index (χ3v) is 4.92. The number of likely N-dealkylation sites (N-methyl/N-ethyl adjacent to an activating group) is 1. The summed E-state index contributed by atoms with van der Waals surface area (Å²) < 4.78 is 13.0. The van der Waals surface area contributed by atoms with Crippen LogP contribution in [0.4, 0.5) is 10.2 Å². The molecule has 1 saturated heterocycles. The molecule has 0 aromatic carbocycles. The van der Waals surface area contributed by atoms with E-state index in [4.69, 9.17) is 0 Å². The lowest BCUT2D eigenvalue weighted by Gasteiger charge is -2.41. The number of nitrogens with zero attached hydrogens (tertiary/aromatic N) is 3. The maximum absolute atomic E-state index is 13.0. The molecule has 3 heterocycles. The van der Waals surface area contributed by atoms with Crippen LogP contribution < -0.4 is 4.90 Å². The molecule has 1 N–H and O–H groups in total. The summed E-state index contributed by atoms with van der Waals surface area (Å²) in [7, 11) is 1.70. The van der Waals surface area contributed by atoms with Crippen molar-refractivity contribution in [3.63, 3.8) is 0 Å². The molecular formula is C17H20FN3O2S. The van der Waals surface area contributed by atoms with Crippen LogP contribution in [0, 0.1) is 5.82 Å². The highest BCUT2D eigenvalue weighted by Crippen LogP contribution is 2.26. The van der Waals surface area contributed by atoms with Gasteiger partial charge in [0.05, 0.1) is 23.9 Å². The van der Waals surface area contributed by atoms with E-state index in [0.717, 1.165) is 13.0 Å². The van der Waals surface area contributed by atoms with Crippen molar-refractivity contribution in [2.75, 3.05) is 31.6 Å². The predicted octanol–water partition coefficient (Wildman–Crippen LogP) is 2.39. The van der Waals surface area contributed by atoms with Crippen molar-refractivity contribution in [1.82, 2.24) is 9.88 Å². The summed E-state index contributed by atoms with van der Waals surface area (Å²) in [5.41, 5.74) is -0.367. The molecule has 1 atom stereocenters. The summed E-state index contributed by atoms with van der Waals surface area (Å²) >= 11 is 1.47. The highest BCUT2D eigenvalue weighted by molar-refractivity contribution is 7.08. The number of halogens is 1. The van der Waals surface area contributed by atoms with Gasteiger partial charge in [-0.1, -0.05) is 0 Å². The molecule has 128 valence electrons. The molecule has 0 radical (unpaired) electrons. The van der Waals surface area contributed by atoms with Crippen LogP contribution >= 0.6 is 11.3 Å². The molecule has 5 nitrogen and oxygen atoms in total. The predicted molar refractivity (Wildman–Crippen MR) is 91.9 cm³/mol. The minimum atomic E-state index is -1.01. The van der Waals surface area contributed by atoms with Gasteiger partial charge in [0.1, 0.15) is 11.6 Å². The summed E-state index contributed by atoms with van der Waals surface area (Å²) in [5.74, 6) is 0.162. The molecule has 2 aromatic rings. The number of thiophene rings is 1. The van der Waals surface area contributed by atoms with Crippen LogP contribution in [-0.4, -0.2) is 53.2 Å². The first-order chi connectivity index (χ1) is 11.5. The first-order valence-corrected chi connectivity index (χ1v) is 8.78. The van der Waals surface area contributed by atoms with Crippen molar-refractivity contribution in [1.29, 1.82) is 0 Å². The third kappa shape index (κ3) is 3.73. The smallest absolute Gasteiger partial charge is 0.254 e. The number of carbonyl (C=O) groups excluding carboxylic acids is 1. The van der Waals surface area contributed by atoms with Crippen LogP contribution in [-0.2, 0) is 0 Å². The summed E-state index contributed by atoms with van der Waals surface area (Å²) in [6.07, 6.45) is 2.58. The highest BCUT2D eigenvalue weighted by Gasteiger charge is 2.36. The quantitative estimate of drug-likeness (QED) is 0.921. The van der Waals surface area contributed by atoms with Gasteiger partial charge in [0.2, 0.25) is 0 Å². The molecule has 7 heteroatoms. The zero-order chi connectivity index (χ0) is 17.2. The van der Waals surface area contributed by atoms with E-state index in [9.17, 15) is 14.3 Å². The van der Waals surface area contributed by atoms with Gasteiger partial charge in [-0.3, -0.25) is 4.79 Å². The van der Waals surface area contributed by atoms with E-state index in [0.29, 0.717) is 24.3 Å². The molecule has 2 aromatic heterocycles. The van der Waals surface area contributed by atoms with Gasteiger partial charge < -0.3 is 14.9 Å². The molecule has 1 aliphatic rings. The standard InChI is InChI=1S/C17H20FN3O2S/c1-20(16(22)13-5-8-24-10-13)11-17(23)6-2-7-21(12-17)15-4-3-14(18)9-19-15/h3-5,8-10,23H,2,6-7,11-12H2,1H3/t17-/m1/s1. The van der Waals surface area contributed by atoms with E-state index in [1.165, 1.54) is 23.6 Å². The maximum atomic E-state index is 13.0. The molecular weight excluding hydrogens is 329 g/mol. The van der Waals surface area contributed by atoms with E-state index >= 15 is 0 Å². The number of rotatable bonds is 4. The lowest BCUT2D eigenvalue weighted by molar-refractivity contribution is -0.000120. The Hall–Kier alpha value is -1.99. The van der Waals surface area contributed by atoms with Gasteiger partial charge in [0.25, 0.3) is 5.91 Å². The number of hydrogen-bond donors (Lipinski definition) is 1. The Balaban J connectivity index is 1.68. The normalized spacial score (nSPS) is 20.9. The number of anilines is 1. The van der Waals surface area contributed by atoms with Crippen LogP contribution in [0.15, 0.2) is 35.2 Å². The largest absolute Gasteiger partial charge is 0.386 e. The van der Waals surface area contributed by atoms with Gasteiger partial charge in [0, 0.05) is 25.5 Å². The molecule has 1 amide bonds. The summed E-state index contributed by atoms with van der Waals surface area (Å²) in [5, 5.41) is 14.6. The molecule has 0 unspecified atom stereocenters. The summed E-state index contributed by atoms with van der Waals surface area (Å²) in [6.45, 7) is 1.37. The lowest BCUT2D eigenvalue weighted by atomic mass is 9.92. The second-order valence-electron chi connectivity index (χ2n) is 6.26. The highest BCUT2D eigenvalue weighted by atomic mass is 32.1. The van der Waals surface area contributed by atoms with E-state index in [2.05, 4.69) is 4.98 Å². The molecule has 0 spiro atoms. The second-order valence-corrected chi connectivity index (χ2v) is 7.04. The monoisotopic (exact) mass is 349 g/mol. The fourth-order valence-corrected chi connectivity index (χ4v) is 3.74. The lowest BCUT2D eigenvalue weighted by Crippen LogP contribution is -2.54. The first kappa shape index (κ1) is 16.9. The Morgan fingerprint density at radius 2 is 2.33 bits per heavy atom. The van der Waals surface area contributed by atoms with Crippen LogP contribution in [0.2, 0.25) is 0 Å². The number of amides is 1. The Kier molecular flexibility index (Phi) is 4.82. The number of aromatic nitrogens is 1. The van der Waals surface area contributed by atoms with Crippen LogP contribution in [0.1, 0.15) is 23.2 Å². The SMILES string of the molecule is CN(C[C@]1(O)CCCN(c2ccc(F)cn2)C1)C(=O)c1ccsc1. The summed E-state index contributed by atoms with van der Waals surface area (Å²) in [6, 6.07) is 4.76. The minimum Gasteiger partial charge on any atom is -0.386 e. The Bertz CT molecular complexity index is 692. The molecule has 0 aliphatic carbocycles. The number of hydrogen-bond acceptors (Lipinski definition) is 5. The Morgan fingerprint density at radius 3 is 3.00 bits per heavy atom. The minimum absolute atomic E-state index is 0.0956. The summed E-state index contributed by atoms with van der Waals surface area (Å²) in [4.78, 5) is 19.9. The van der Waals surface area contributed by atoms with Gasteiger partial charge >= 0.3 is 0 Å². The van der Waals surface area contributed by atoms with E-state index < -0.39 is 5.60 Å². The zero-order valence-electron chi connectivity index (χ0n) is 13.5. The Morgan fingerprint density at radius 1 is 1.50 bits per heavy atom. The number of pyridine rings is 1. The fourth-order valence-electron chi connectivity index (χ4n) is 3.11. The second kappa shape index (κ2) is 6.86. The topological polar surface area (TPSA) is 56.7 Å². The van der Waals surface area contributed by atoms with Crippen LogP contribution in [0.25, 0.3) is 0 Å². The van der Waals surface area contributed by atoms with Gasteiger partial charge in [-0.05, 0) is 36.4 Å². The van der Waals surface area contributed by atoms with E-state index in [-0.39, 0.29) is 18.3 Å². The Labute approximate surface area is 144 Å². The number of aliphatic hydroxyl groups is 1. The number of piperidine rings is 1. The third-order valence-electron chi connectivity index (χ3n) is 4.24. The molecule has 0 saturated carbocycles. The van der Waals surface area contributed by atoms with Gasteiger partial charge in [-0.2, -0.15) is 11.3 Å². The maximum Gasteiger partial charge on any atom is 0.254 e. The molecule has 3 rings (SSSR count). The fraction of sp³-hybridized carbons (Fsp3) is 0.412. The molecule has 1 fully saturated rings. The average Bonchev–Trinajstić information content (AvgIpc) is 3.08. The molecule has 1 aliphatic heterocycles. The van der Waals surface area contributed by atoms with Crippen molar-refractivity contribution >= 4 is 23.1 Å². The van der Waals surface area contributed by atoms with E-state index in [1.54, 1.807) is 29.5 Å². The van der Waals surface area contributed by atoms with Gasteiger partial charge in [0.15, 0.2) is 0 Å². The van der Waals surface area contributed by atoms with Crippen molar-refractivity contribution in [2.45, 2.75) is 18.4 Å². The number of β-amino-alcohol motifs (C(OH)–C–C–N with tert-alkyl or cyclic N) is 1. The molecule has 0 bridgehead atoms. The zero-order valence-corrected chi connectivity index (χ0v) is 14.3. The van der Waals surface area contributed by atoms with Crippen molar-refractivity contribution in [2.24, 2.45) is 0 Å². The van der Waals surface area contributed by atoms with Crippen LogP contribution in [0.5, 0.6) is 0 Å².